The van der Waals surface area contributed by atoms with Gasteiger partial charge >= 0.3 is 0 Å². The number of carbonyl (C=O) groups is 1. The van der Waals surface area contributed by atoms with Crippen molar-refractivity contribution < 1.29 is 9.21 Å². The number of hydrogen-bond acceptors (Lipinski definition) is 2. The Morgan fingerprint density at radius 2 is 2.42 bits per heavy atom. The molecule has 0 unspecified atom stereocenters. The first-order valence-electron chi connectivity index (χ1n) is 3.68. The van der Waals surface area contributed by atoms with Crippen molar-refractivity contribution in [1.82, 2.24) is 0 Å². The molecule has 0 spiro atoms. The maximum Gasteiger partial charge on any atom is 0.194 e. The summed E-state index contributed by atoms with van der Waals surface area (Å²) in [7, 11) is 0. The number of benzene rings is 1. The molecule has 1 aromatic heterocycles. The van der Waals surface area contributed by atoms with Gasteiger partial charge in [0.05, 0.1) is 0 Å². The Kier molecular flexibility index (Phi) is 1.47. The SMILES string of the molecule is CC(=O)c1cc2ccc[c]c2o1. The van der Waals surface area contributed by atoms with Gasteiger partial charge in [-0.25, -0.2) is 0 Å². The van der Waals surface area contributed by atoms with Crippen molar-refractivity contribution in [3.8, 4) is 0 Å². The molecule has 0 atom stereocenters. The van der Waals surface area contributed by atoms with Crippen molar-refractivity contribution >= 4 is 16.8 Å². The van der Waals surface area contributed by atoms with Crippen molar-refractivity contribution in [1.29, 1.82) is 0 Å². The summed E-state index contributed by atoms with van der Waals surface area (Å²) in [6, 6.07) is 10.2. The van der Waals surface area contributed by atoms with Crippen LogP contribution in [0.25, 0.3) is 11.0 Å². The van der Waals surface area contributed by atoms with E-state index in [4.69, 9.17) is 4.42 Å². The highest BCUT2D eigenvalue weighted by molar-refractivity contribution is 5.95. The smallest absolute Gasteiger partial charge is 0.194 e. The van der Waals surface area contributed by atoms with Crippen LogP contribution in [0.2, 0.25) is 0 Å². The molecule has 2 heteroatoms. The maximum absolute atomic E-state index is 10.9. The standard InChI is InChI=1S/C10H7O2/c1-7(11)10-6-8-4-2-3-5-9(8)12-10/h2-4,6H,1H3. The number of carbonyl (C=O) groups excluding carboxylic acids is 1. The second kappa shape index (κ2) is 2.48. The van der Waals surface area contributed by atoms with Gasteiger partial charge in [0.2, 0.25) is 0 Å². The van der Waals surface area contributed by atoms with Gasteiger partial charge in [-0.2, -0.15) is 0 Å². The first kappa shape index (κ1) is 7.10. The number of para-hydroxylation sites is 1. The van der Waals surface area contributed by atoms with E-state index in [1.54, 1.807) is 12.1 Å². The summed E-state index contributed by atoms with van der Waals surface area (Å²) in [6.45, 7) is 1.48. The van der Waals surface area contributed by atoms with E-state index in [1.165, 1.54) is 6.92 Å². The molecule has 2 rings (SSSR count). The van der Waals surface area contributed by atoms with E-state index < -0.39 is 0 Å². The molecule has 0 fully saturated rings. The van der Waals surface area contributed by atoms with Crippen molar-refractivity contribution in [3.05, 3.63) is 36.1 Å². The Morgan fingerprint density at radius 3 is 3.08 bits per heavy atom. The summed E-state index contributed by atoms with van der Waals surface area (Å²) in [5.41, 5.74) is 0.641. The van der Waals surface area contributed by atoms with Crippen molar-refractivity contribution in [2.24, 2.45) is 0 Å². The number of furan rings is 1. The molecule has 0 aliphatic carbocycles. The largest absolute Gasteiger partial charge is 0.452 e. The molecule has 0 saturated heterocycles. The van der Waals surface area contributed by atoms with Crippen LogP contribution >= 0.6 is 0 Å². The number of Topliss-reactive ketones (excluding diaryl/α,β-unsaturated/α-hetero) is 1. The molecule has 1 heterocycles. The highest BCUT2D eigenvalue weighted by atomic mass is 16.3. The van der Waals surface area contributed by atoms with Crippen LogP contribution in [0.5, 0.6) is 0 Å². The Morgan fingerprint density at radius 1 is 1.58 bits per heavy atom. The minimum absolute atomic E-state index is 0.0559. The van der Waals surface area contributed by atoms with Crippen molar-refractivity contribution in [3.63, 3.8) is 0 Å². The Hall–Kier alpha value is -1.57. The Balaban J connectivity index is 2.70. The van der Waals surface area contributed by atoms with Gasteiger partial charge < -0.3 is 4.42 Å². The molecule has 0 aliphatic rings. The van der Waals surface area contributed by atoms with Gasteiger partial charge in [0.1, 0.15) is 5.58 Å². The first-order chi connectivity index (χ1) is 5.77. The fourth-order valence-electron chi connectivity index (χ4n) is 1.09. The lowest BCUT2D eigenvalue weighted by Crippen LogP contribution is -1.85. The average molecular weight is 159 g/mol. The third kappa shape index (κ3) is 1.01. The van der Waals surface area contributed by atoms with Gasteiger partial charge in [-0.15, -0.1) is 0 Å². The third-order valence-corrected chi connectivity index (χ3v) is 1.69. The van der Waals surface area contributed by atoms with Gasteiger partial charge in [-0.05, 0) is 6.07 Å². The van der Waals surface area contributed by atoms with Crippen LogP contribution in [0.3, 0.4) is 0 Å². The molecule has 0 saturated carbocycles. The van der Waals surface area contributed by atoms with Gasteiger partial charge in [0.15, 0.2) is 11.5 Å². The van der Waals surface area contributed by atoms with Gasteiger partial charge in [0.25, 0.3) is 0 Å². The fourth-order valence-corrected chi connectivity index (χ4v) is 1.09. The number of ketones is 1. The van der Waals surface area contributed by atoms with Crippen LogP contribution in [0, 0.1) is 6.07 Å². The number of fused-ring (bicyclic) bond motifs is 1. The molecule has 2 aromatic rings. The average Bonchev–Trinajstić information content (AvgIpc) is 2.46. The zero-order chi connectivity index (χ0) is 8.55. The van der Waals surface area contributed by atoms with Gasteiger partial charge in [-0.3, -0.25) is 4.79 Å². The molecule has 59 valence electrons. The predicted octanol–water partition coefficient (Wildman–Crippen LogP) is 2.44. The zero-order valence-electron chi connectivity index (χ0n) is 6.63. The van der Waals surface area contributed by atoms with Crippen LogP contribution in [-0.4, -0.2) is 5.78 Å². The minimum atomic E-state index is -0.0559. The maximum atomic E-state index is 10.9. The molecular weight excluding hydrogens is 152 g/mol. The summed E-state index contributed by atoms with van der Waals surface area (Å²) in [5.74, 6) is 0.340. The van der Waals surface area contributed by atoms with Crippen molar-refractivity contribution in [2.75, 3.05) is 0 Å². The lowest BCUT2D eigenvalue weighted by Gasteiger charge is -1.83. The number of hydrogen-bond donors (Lipinski definition) is 0. The summed E-state index contributed by atoms with van der Waals surface area (Å²) in [4.78, 5) is 10.9. The van der Waals surface area contributed by atoms with E-state index >= 15 is 0 Å². The summed E-state index contributed by atoms with van der Waals surface area (Å²) in [5, 5.41) is 0.919. The lowest BCUT2D eigenvalue weighted by molar-refractivity contribution is 0.0989. The second-order valence-corrected chi connectivity index (χ2v) is 2.62. The third-order valence-electron chi connectivity index (χ3n) is 1.69. The highest BCUT2D eigenvalue weighted by Crippen LogP contribution is 2.18. The molecule has 0 bridgehead atoms. The fraction of sp³-hybridized carbons (Fsp3) is 0.100. The molecule has 2 nitrogen and oxygen atoms in total. The van der Waals surface area contributed by atoms with Crippen molar-refractivity contribution in [2.45, 2.75) is 6.92 Å². The summed E-state index contributed by atoms with van der Waals surface area (Å²) < 4.78 is 5.22. The van der Waals surface area contributed by atoms with E-state index in [0.717, 1.165) is 5.39 Å². The van der Waals surface area contributed by atoms with Crippen LogP contribution in [0.15, 0.2) is 28.7 Å². The highest BCUT2D eigenvalue weighted by Gasteiger charge is 2.05. The first-order valence-corrected chi connectivity index (χ1v) is 3.68. The van der Waals surface area contributed by atoms with E-state index in [0.29, 0.717) is 11.3 Å². The topological polar surface area (TPSA) is 30.2 Å². The molecule has 1 radical (unpaired) electrons. The molecule has 0 aliphatic heterocycles. The van der Waals surface area contributed by atoms with E-state index in [2.05, 4.69) is 6.07 Å². The van der Waals surface area contributed by atoms with E-state index in [-0.39, 0.29) is 5.78 Å². The summed E-state index contributed by atoms with van der Waals surface area (Å²) >= 11 is 0. The van der Waals surface area contributed by atoms with E-state index in [1.807, 2.05) is 12.1 Å². The monoisotopic (exact) mass is 159 g/mol. The molecule has 0 N–H and O–H groups in total. The summed E-state index contributed by atoms with van der Waals surface area (Å²) in [6.07, 6.45) is 0. The molecular formula is C10H7O2. The predicted molar refractivity (Wildman–Crippen MR) is 45.1 cm³/mol. The van der Waals surface area contributed by atoms with Gasteiger partial charge in [0, 0.05) is 18.4 Å². The van der Waals surface area contributed by atoms with Gasteiger partial charge in [-0.1, -0.05) is 18.2 Å². The zero-order valence-corrected chi connectivity index (χ0v) is 6.63. The second-order valence-electron chi connectivity index (χ2n) is 2.62. The number of rotatable bonds is 1. The quantitative estimate of drug-likeness (QED) is 0.598. The normalized spacial score (nSPS) is 10.4. The van der Waals surface area contributed by atoms with Crippen LogP contribution in [-0.2, 0) is 0 Å². The minimum Gasteiger partial charge on any atom is -0.452 e. The van der Waals surface area contributed by atoms with Crippen LogP contribution in [0.4, 0.5) is 0 Å². The van der Waals surface area contributed by atoms with Crippen LogP contribution in [0.1, 0.15) is 17.5 Å². The Bertz CT molecular complexity index is 393. The Labute approximate surface area is 69.8 Å². The van der Waals surface area contributed by atoms with Crippen LogP contribution < -0.4 is 0 Å². The molecule has 1 aromatic carbocycles. The molecule has 12 heavy (non-hydrogen) atoms. The van der Waals surface area contributed by atoms with E-state index in [9.17, 15) is 4.79 Å². The lowest BCUT2D eigenvalue weighted by atomic mass is 10.2. The molecule has 0 amide bonds.